The van der Waals surface area contributed by atoms with E-state index in [9.17, 15) is 9.90 Å². The zero-order chi connectivity index (χ0) is 18.9. The van der Waals surface area contributed by atoms with Gasteiger partial charge < -0.3 is 20.1 Å². The van der Waals surface area contributed by atoms with E-state index in [0.29, 0.717) is 18.1 Å². The number of nitrogens with one attached hydrogen (secondary N) is 2. The molecule has 6 heteroatoms. The third-order valence-electron chi connectivity index (χ3n) is 5.20. The van der Waals surface area contributed by atoms with E-state index in [4.69, 9.17) is 4.74 Å². The van der Waals surface area contributed by atoms with Crippen molar-refractivity contribution >= 4 is 5.91 Å². The molecule has 1 fully saturated rings. The van der Waals surface area contributed by atoms with Crippen molar-refractivity contribution in [1.82, 2.24) is 15.3 Å². The van der Waals surface area contributed by atoms with Gasteiger partial charge >= 0.3 is 0 Å². The lowest BCUT2D eigenvalue weighted by atomic mass is 9.90. The third-order valence-corrected chi connectivity index (χ3v) is 5.20. The van der Waals surface area contributed by atoms with E-state index in [2.05, 4.69) is 15.3 Å². The Morgan fingerprint density at radius 2 is 2.15 bits per heavy atom. The molecule has 1 aliphatic rings. The molecule has 3 rings (SSSR count). The van der Waals surface area contributed by atoms with Crippen molar-refractivity contribution in [2.24, 2.45) is 11.3 Å². The molecule has 1 heterocycles. The molecule has 0 bridgehead atoms. The van der Waals surface area contributed by atoms with Gasteiger partial charge in [-0.05, 0) is 37.8 Å². The fourth-order valence-electron chi connectivity index (χ4n) is 3.37. The molecule has 6 nitrogen and oxygen atoms in total. The molecule has 1 aliphatic carbocycles. The molecule has 0 radical (unpaired) electrons. The number of rotatable bonds is 7. The second kappa shape index (κ2) is 7.11. The normalized spacial score (nSPS) is 16.4. The van der Waals surface area contributed by atoms with Crippen LogP contribution in [0.15, 0.2) is 24.3 Å². The maximum Gasteiger partial charge on any atom is 0.271 e. The first-order valence-electron chi connectivity index (χ1n) is 9.03. The van der Waals surface area contributed by atoms with Crippen LogP contribution in [0.2, 0.25) is 0 Å². The van der Waals surface area contributed by atoms with Gasteiger partial charge in [-0.1, -0.05) is 26.0 Å². The van der Waals surface area contributed by atoms with Crippen LogP contribution in [0.25, 0.3) is 11.4 Å². The Kier molecular flexibility index (Phi) is 5.05. The number of ether oxygens (including phenoxy) is 1. The minimum atomic E-state index is -0.393. The zero-order valence-corrected chi connectivity index (χ0v) is 15.8. The SMILES string of the molecule is COc1cccc(-c2nc(C(=O)NCC3(C(O)C(C)C)CC3)c(C)[nH]2)c1. The van der Waals surface area contributed by atoms with E-state index >= 15 is 0 Å². The van der Waals surface area contributed by atoms with E-state index in [1.54, 1.807) is 7.11 Å². The smallest absolute Gasteiger partial charge is 0.271 e. The minimum absolute atomic E-state index is 0.177. The van der Waals surface area contributed by atoms with E-state index in [-0.39, 0.29) is 17.2 Å². The van der Waals surface area contributed by atoms with Crippen molar-refractivity contribution < 1.29 is 14.6 Å². The zero-order valence-electron chi connectivity index (χ0n) is 15.8. The maximum atomic E-state index is 12.6. The molecule has 140 valence electrons. The quantitative estimate of drug-likeness (QED) is 0.711. The van der Waals surface area contributed by atoms with Crippen LogP contribution in [0.4, 0.5) is 0 Å². The van der Waals surface area contributed by atoms with Crippen LogP contribution in [0.5, 0.6) is 5.75 Å². The van der Waals surface area contributed by atoms with Crippen LogP contribution in [-0.4, -0.2) is 40.7 Å². The second-order valence-electron chi connectivity index (χ2n) is 7.52. The molecule has 2 aromatic rings. The fourth-order valence-corrected chi connectivity index (χ4v) is 3.37. The van der Waals surface area contributed by atoms with E-state index < -0.39 is 6.10 Å². The van der Waals surface area contributed by atoms with Gasteiger partial charge in [-0.25, -0.2) is 4.98 Å². The molecule has 0 aliphatic heterocycles. The first kappa shape index (κ1) is 18.5. The number of aromatic nitrogens is 2. The molecule has 1 saturated carbocycles. The number of hydrogen-bond acceptors (Lipinski definition) is 4. The second-order valence-corrected chi connectivity index (χ2v) is 7.52. The largest absolute Gasteiger partial charge is 0.497 e. The first-order valence-corrected chi connectivity index (χ1v) is 9.03. The minimum Gasteiger partial charge on any atom is -0.497 e. The summed E-state index contributed by atoms with van der Waals surface area (Å²) in [6.45, 7) is 6.32. The van der Waals surface area contributed by atoms with Gasteiger partial charge in [0, 0.05) is 23.2 Å². The lowest BCUT2D eigenvalue weighted by Gasteiger charge is -2.25. The predicted molar refractivity (Wildman–Crippen MR) is 100 cm³/mol. The number of benzene rings is 1. The van der Waals surface area contributed by atoms with Crippen molar-refractivity contribution in [3.05, 3.63) is 35.7 Å². The monoisotopic (exact) mass is 357 g/mol. The van der Waals surface area contributed by atoms with Gasteiger partial charge in [0.15, 0.2) is 0 Å². The number of imidazole rings is 1. The lowest BCUT2D eigenvalue weighted by molar-refractivity contribution is 0.0489. The number of aliphatic hydroxyl groups is 1. The Morgan fingerprint density at radius 1 is 1.42 bits per heavy atom. The summed E-state index contributed by atoms with van der Waals surface area (Å²) in [6.07, 6.45) is 1.50. The molecule has 1 unspecified atom stereocenters. The maximum absolute atomic E-state index is 12.6. The molecule has 0 saturated heterocycles. The summed E-state index contributed by atoms with van der Waals surface area (Å²) >= 11 is 0. The number of methoxy groups -OCH3 is 1. The van der Waals surface area contributed by atoms with Crippen LogP contribution in [-0.2, 0) is 0 Å². The molecular weight excluding hydrogens is 330 g/mol. The summed E-state index contributed by atoms with van der Waals surface area (Å²) < 4.78 is 5.24. The number of hydrogen-bond donors (Lipinski definition) is 3. The fraction of sp³-hybridized carbons (Fsp3) is 0.500. The number of aliphatic hydroxyl groups excluding tert-OH is 1. The van der Waals surface area contributed by atoms with Crippen LogP contribution in [0.3, 0.4) is 0 Å². The Hall–Kier alpha value is -2.34. The van der Waals surface area contributed by atoms with Gasteiger partial charge in [-0.15, -0.1) is 0 Å². The van der Waals surface area contributed by atoms with Crippen molar-refractivity contribution in [3.8, 4) is 17.1 Å². The van der Waals surface area contributed by atoms with Crippen molar-refractivity contribution in [1.29, 1.82) is 0 Å². The summed E-state index contributed by atoms with van der Waals surface area (Å²) in [4.78, 5) is 20.2. The summed E-state index contributed by atoms with van der Waals surface area (Å²) in [5.41, 5.74) is 1.79. The molecule has 1 atom stereocenters. The number of nitrogens with zero attached hydrogens (tertiary/aromatic N) is 1. The first-order chi connectivity index (χ1) is 12.4. The van der Waals surface area contributed by atoms with Crippen molar-refractivity contribution in [2.75, 3.05) is 13.7 Å². The van der Waals surface area contributed by atoms with Gasteiger partial charge in [-0.2, -0.15) is 0 Å². The standard InChI is InChI=1S/C20H27N3O3/c1-12(2)17(24)20(8-9-20)11-21-19(25)16-13(3)22-18(23-16)14-6-5-7-15(10-14)26-4/h5-7,10,12,17,24H,8-9,11H2,1-4H3,(H,21,25)(H,22,23). The Labute approximate surface area is 154 Å². The van der Waals surface area contributed by atoms with Crippen LogP contribution < -0.4 is 10.1 Å². The van der Waals surface area contributed by atoms with Crippen LogP contribution >= 0.6 is 0 Å². The summed E-state index contributed by atoms with van der Waals surface area (Å²) in [6, 6.07) is 7.54. The van der Waals surface area contributed by atoms with Gasteiger partial charge in [0.1, 0.15) is 17.3 Å². The van der Waals surface area contributed by atoms with E-state index in [1.165, 1.54) is 0 Å². The third kappa shape index (κ3) is 3.60. The Balaban J connectivity index is 1.72. The van der Waals surface area contributed by atoms with E-state index in [1.807, 2.05) is 45.0 Å². The highest BCUT2D eigenvalue weighted by atomic mass is 16.5. The number of carbonyl (C=O) groups is 1. The number of H-pyrrole nitrogens is 1. The highest BCUT2D eigenvalue weighted by Crippen LogP contribution is 2.50. The average molecular weight is 357 g/mol. The summed E-state index contributed by atoms with van der Waals surface area (Å²) in [5.74, 6) is 1.34. The van der Waals surface area contributed by atoms with Gasteiger partial charge in [0.25, 0.3) is 5.91 Å². The van der Waals surface area contributed by atoms with Gasteiger partial charge in [-0.3, -0.25) is 4.79 Å². The van der Waals surface area contributed by atoms with Gasteiger partial charge in [0.2, 0.25) is 0 Å². The molecule has 26 heavy (non-hydrogen) atoms. The van der Waals surface area contributed by atoms with Crippen molar-refractivity contribution in [3.63, 3.8) is 0 Å². The van der Waals surface area contributed by atoms with Crippen LogP contribution in [0, 0.1) is 18.3 Å². The number of aryl methyl sites for hydroxylation is 1. The Bertz CT molecular complexity index is 793. The Morgan fingerprint density at radius 3 is 2.77 bits per heavy atom. The molecule has 1 aromatic carbocycles. The molecule has 3 N–H and O–H groups in total. The number of amides is 1. The predicted octanol–water partition coefficient (Wildman–Crippen LogP) is 2.92. The highest BCUT2D eigenvalue weighted by molar-refractivity contribution is 5.94. The topological polar surface area (TPSA) is 87.2 Å². The van der Waals surface area contributed by atoms with Crippen LogP contribution in [0.1, 0.15) is 42.9 Å². The number of carbonyl (C=O) groups excluding carboxylic acids is 1. The lowest BCUT2D eigenvalue weighted by Crippen LogP contribution is -2.39. The summed E-state index contributed by atoms with van der Waals surface area (Å²) in [5, 5.41) is 13.3. The highest BCUT2D eigenvalue weighted by Gasteiger charge is 2.49. The molecular formula is C20H27N3O3. The van der Waals surface area contributed by atoms with Gasteiger partial charge in [0.05, 0.1) is 13.2 Å². The summed E-state index contributed by atoms with van der Waals surface area (Å²) in [7, 11) is 1.62. The number of aromatic amines is 1. The van der Waals surface area contributed by atoms with E-state index in [0.717, 1.165) is 29.8 Å². The molecule has 1 amide bonds. The molecule has 0 spiro atoms. The molecule has 1 aromatic heterocycles. The van der Waals surface area contributed by atoms with Crippen molar-refractivity contribution in [2.45, 2.75) is 39.7 Å². The average Bonchev–Trinajstić information content (AvgIpc) is 3.33.